The summed E-state index contributed by atoms with van der Waals surface area (Å²) in [7, 11) is 1.92. The van der Waals surface area contributed by atoms with Crippen molar-refractivity contribution in [3.63, 3.8) is 0 Å². The molecule has 2 rings (SSSR count). The van der Waals surface area contributed by atoms with Gasteiger partial charge in [0, 0.05) is 19.2 Å². The first-order valence-electron chi connectivity index (χ1n) is 7.56. The Hall–Kier alpha value is -2.93. The van der Waals surface area contributed by atoms with E-state index < -0.39 is 23.9 Å². The highest BCUT2D eigenvalue weighted by Crippen LogP contribution is 2.23. The Bertz CT molecular complexity index is 786. The number of rotatable bonds is 6. The highest BCUT2D eigenvalue weighted by molar-refractivity contribution is 5.66. The zero-order valence-electron chi connectivity index (χ0n) is 14.4. The Morgan fingerprint density at radius 3 is 2.56 bits per heavy atom. The van der Waals surface area contributed by atoms with Crippen LogP contribution in [0.3, 0.4) is 0 Å². The Kier molecular flexibility index (Phi) is 8.41. The highest BCUT2D eigenvalue weighted by atomic mass is 19.4. The van der Waals surface area contributed by atoms with Crippen LogP contribution in [0, 0.1) is 0 Å². The summed E-state index contributed by atoms with van der Waals surface area (Å²) >= 11 is 0. The maximum atomic E-state index is 12.1. The summed E-state index contributed by atoms with van der Waals surface area (Å²) in [6.07, 6.45) is -6.55. The lowest BCUT2D eigenvalue weighted by atomic mass is 10.3. The van der Waals surface area contributed by atoms with Crippen molar-refractivity contribution in [2.75, 3.05) is 26.8 Å². The van der Waals surface area contributed by atoms with Gasteiger partial charge in [-0.2, -0.15) is 4.68 Å². The zero-order chi connectivity index (χ0) is 20.4. The van der Waals surface area contributed by atoms with Crippen LogP contribution in [0.15, 0.2) is 29.1 Å². The number of alkyl halides is 3. The van der Waals surface area contributed by atoms with Gasteiger partial charge in [0.15, 0.2) is 0 Å². The maximum absolute atomic E-state index is 12.1. The van der Waals surface area contributed by atoms with Gasteiger partial charge in [-0.25, -0.2) is 9.59 Å². The fourth-order valence-corrected chi connectivity index (χ4v) is 1.66. The molecule has 10 nitrogen and oxygen atoms in total. The van der Waals surface area contributed by atoms with Crippen LogP contribution in [-0.4, -0.2) is 64.2 Å². The smallest absolute Gasteiger partial charge is 0.463 e. The fraction of sp³-hybridized carbons (Fsp3) is 0.429. The number of ether oxygens (including phenoxy) is 2. The van der Waals surface area contributed by atoms with E-state index in [1.54, 1.807) is 0 Å². The minimum atomic E-state index is -4.89. The summed E-state index contributed by atoms with van der Waals surface area (Å²) in [5.41, 5.74) is -1.26. The SMILES string of the molecule is CCOCCNC.O=C(O)n1nnn(-c2cccc(OC(F)(F)F)c2)c1=O. The quantitative estimate of drug-likeness (QED) is 0.553. The standard InChI is InChI=1S/C9H5F3N4O4.C5H13NO/c10-9(11,12)20-6-3-1-2-5(4-6)15-7(17)16(8(18)19)14-13-15;1-3-7-5-4-6-2/h1-4H,(H,18,19);6H,3-5H2,1-2H3. The predicted octanol–water partition coefficient (Wildman–Crippen LogP) is 1.10. The van der Waals surface area contributed by atoms with E-state index in [0.29, 0.717) is 4.68 Å². The Balaban J connectivity index is 0.000000445. The van der Waals surface area contributed by atoms with Crippen LogP contribution in [0.5, 0.6) is 5.75 Å². The summed E-state index contributed by atoms with van der Waals surface area (Å²) < 4.78 is 45.4. The van der Waals surface area contributed by atoms with E-state index in [1.807, 2.05) is 14.0 Å². The van der Waals surface area contributed by atoms with E-state index in [1.165, 1.54) is 12.1 Å². The monoisotopic (exact) mass is 393 g/mol. The van der Waals surface area contributed by atoms with Gasteiger partial charge in [-0.1, -0.05) is 10.7 Å². The molecule has 0 spiro atoms. The summed E-state index contributed by atoms with van der Waals surface area (Å²) in [5, 5.41) is 17.9. The van der Waals surface area contributed by atoms with Gasteiger partial charge in [-0.3, -0.25) is 0 Å². The molecule has 27 heavy (non-hydrogen) atoms. The number of aromatic nitrogens is 4. The predicted molar refractivity (Wildman–Crippen MR) is 86.1 cm³/mol. The largest absolute Gasteiger partial charge is 0.573 e. The second kappa shape index (κ2) is 10.3. The molecule has 0 aliphatic heterocycles. The van der Waals surface area contributed by atoms with Crippen molar-refractivity contribution in [3.05, 3.63) is 34.7 Å². The molecule has 0 saturated carbocycles. The van der Waals surface area contributed by atoms with Crippen LogP contribution in [0.4, 0.5) is 18.0 Å². The first-order chi connectivity index (χ1) is 12.7. The van der Waals surface area contributed by atoms with Crippen LogP contribution in [-0.2, 0) is 4.74 Å². The molecule has 2 N–H and O–H groups in total. The molecule has 2 aromatic rings. The van der Waals surface area contributed by atoms with Gasteiger partial charge in [-0.15, -0.1) is 13.2 Å². The number of carbonyl (C=O) groups is 1. The summed E-state index contributed by atoms with van der Waals surface area (Å²) in [6.45, 7) is 4.60. The molecule has 0 atom stereocenters. The fourth-order valence-electron chi connectivity index (χ4n) is 1.66. The molecule has 150 valence electrons. The van der Waals surface area contributed by atoms with E-state index in [4.69, 9.17) is 9.84 Å². The molecule has 0 aliphatic carbocycles. The molecule has 0 radical (unpaired) electrons. The number of halogens is 3. The van der Waals surface area contributed by atoms with E-state index in [0.717, 1.165) is 31.9 Å². The number of likely N-dealkylation sites (N-methyl/N-ethyl adjacent to an activating group) is 1. The third kappa shape index (κ3) is 7.45. The zero-order valence-corrected chi connectivity index (χ0v) is 14.4. The van der Waals surface area contributed by atoms with Crippen molar-refractivity contribution < 1.29 is 32.5 Å². The van der Waals surface area contributed by atoms with Crippen LogP contribution in [0.25, 0.3) is 5.69 Å². The van der Waals surface area contributed by atoms with Crippen molar-refractivity contribution >= 4 is 6.09 Å². The molecule has 0 bridgehead atoms. The van der Waals surface area contributed by atoms with Gasteiger partial charge >= 0.3 is 18.1 Å². The topological polar surface area (TPSA) is 120 Å². The minimum Gasteiger partial charge on any atom is -0.463 e. The van der Waals surface area contributed by atoms with Crippen molar-refractivity contribution in [1.82, 2.24) is 25.1 Å². The van der Waals surface area contributed by atoms with Gasteiger partial charge in [0.05, 0.1) is 12.3 Å². The van der Waals surface area contributed by atoms with Gasteiger partial charge < -0.3 is 19.9 Å². The molecule has 0 amide bonds. The van der Waals surface area contributed by atoms with Crippen LogP contribution in [0.1, 0.15) is 6.92 Å². The number of benzene rings is 1. The number of carboxylic acid groups (broad SMARTS) is 1. The molecular weight excluding hydrogens is 375 g/mol. The van der Waals surface area contributed by atoms with Gasteiger partial charge in [0.2, 0.25) is 0 Å². The lowest BCUT2D eigenvalue weighted by Gasteiger charge is -2.09. The number of hydrogen-bond acceptors (Lipinski definition) is 7. The van der Waals surface area contributed by atoms with Crippen LogP contribution < -0.4 is 15.7 Å². The van der Waals surface area contributed by atoms with Crippen molar-refractivity contribution in [2.24, 2.45) is 0 Å². The van der Waals surface area contributed by atoms with E-state index in [9.17, 15) is 22.8 Å². The Labute approximate surface area is 151 Å². The van der Waals surface area contributed by atoms with Crippen molar-refractivity contribution in [2.45, 2.75) is 13.3 Å². The van der Waals surface area contributed by atoms with E-state index >= 15 is 0 Å². The molecule has 1 aromatic heterocycles. The van der Waals surface area contributed by atoms with E-state index in [2.05, 4.69) is 20.5 Å². The second-order valence-corrected chi connectivity index (χ2v) is 4.71. The van der Waals surface area contributed by atoms with Crippen molar-refractivity contribution in [3.8, 4) is 11.4 Å². The second-order valence-electron chi connectivity index (χ2n) is 4.71. The lowest BCUT2D eigenvalue weighted by Crippen LogP contribution is -2.28. The first kappa shape index (κ1) is 22.1. The average Bonchev–Trinajstić information content (AvgIpc) is 2.96. The highest BCUT2D eigenvalue weighted by Gasteiger charge is 2.31. The molecule has 0 fully saturated rings. The molecule has 0 saturated heterocycles. The summed E-state index contributed by atoms with van der Waals surface area (Å²) in [5.74, 6) is -0.577. The van der Waals surface area contributed by atoms with E-state index in [-0.39, 0.29) is 10.4 Å². The van der Waals surface area contributed by atoms with Crippen molar-refractivity contribution in [1.29, 1.82) is 0 Å². The summed E-state index contributed by atoms with van der Waals surface area (Å²) in [4.78, 5) is 22.2. The molecule has 13 heteroatoms. The molecular formula is C14H18F3N5O5. The Morgan fingerprint density at radius 2 is 2.04 bits per heavy atom. The molecule has 0 unspecified atom stereocenters. The minimum absolute atomic E-state index is 0.0390. The Morgan fingerprint density at radius 1 is 1.33 bits per heavy atom. The third-order valence-corrected chi connectivity index (χ3v) is 2.76. The molecule has 1 aromatic carbocycles. The first-order valence-corrected chi connectivity index (χ1v) is 7.56. The molecule has 1 heterocycles. The molecule has 0 aliphatic rings. The number of hydrogen-bond donors (Lipinski definition) is 2. The number of nitrogens with one attached hydrogen (secondary N) is 1. The number of nitrogens with zero attached hydrogens (tertiary/aromatic N) is 4. The van der Waals surface area contributed by atoms with Gasteiger partial charge in [0.25, 0.3) is 0 Å². The van der Waals surface area contributed by atoms with Gasteiger partial charge in [0.1, 0.15) is 5.75 Å². The van der Waals surface area contributed by atoms with Crippen LogP contribution in [0.2, 0.25) is 0 Å². The summed E-state index contributed by atoms with van der Waals surface area (Å²) in [6, 6.07) is 4.31. The van der Waals surface area contributed by atoms with Crippen LogP contribution >= 0.6 is 0 Å². The maximum Gasteiger partial charge on any atom is 0.573 e. The number of tetrazole rings is 1. The van der Waals surface area contributed by atoms with Gasteiger partial charge in [-0.05, 0) is 36.5 Å². The average molecular weight is 393 g/mol. The lowest BCUT2D eigenvalue weighted by molar-refractivity contribution is -0.274. The normalized spacial score (nSPS) is 10.9. The third-order valence-electron chi connectivity index (χ3n) is 2.76.